The Balaban J connectivity index is 1.62. The minimum absolute atomic E-state index is 0.254. The highest BCUT2D eigenvalue weighted by Crippen LogP contribution is 2.34. The van der Waals surface area contributed by atoms with Gasteiger partial charge in [-0.1, -0.05) is 24.3 Å². The fourth-order valence-corrected chi connectivity index (χ4v) is 3.35. The van der Waals surface area contributed by atoms with Crippen LogP contribution in [-0.2, 0) is 9.53 Å². The minimum Gasteiger partial charge on any atom is -0.379 e. The summed E-state index contributed by atoms with van der Waals surface area (Å²) in [5.41, 5.74) is 2.57. The molecule has 2 heterocycles. The molecule has 0 aromatic heterocycles. The Bertz CT molecular complexity index is 499. The first-order valence-corrected chi connectivity index (χ1v) is 7.53. The molecule has 0 unspecified atom stereocenters. The molecule has 20 heavy (non-hydrogen) atoms. The Labute approximate surface area is 120 Å². The largest absolute Gasteiger partial charge is 0.379 e. The number of benzene rings is 1. The first kappa shape index (κ1) is 13.6. The lowest BCUT2D eigenvalue weighted by Crippen LogP contribution is -2.54. The molecule has 2 aliphatic heterocycles. The summed E-state index contributed by atoms with van der Waals surface area (Å²) in [6, 6.07) is 8.62. The van der Waals surface area contributed by atoms with Gasteiger partial charge < -0.3 is 9.64 Å². The van der Waals surface area contributed by atoms with Crippen LogP contribution in [0.4, 0.5) is 0 Å². The third-order valence-electron chi connectivity index (χ3n) is 4.77. The van der Waals surface area contributed by atoms with E-state index in [9.17, 15) is 4.79 Å². The number of piperidine rings is 1. The van der Waals surface area contributed by atoms with Crippen molar-refractivity contribution in [2.24, 2.45) is 5.41 Å². The molecule has 0 atom stereocenters. The first-order valence-electron chi connectivity index (χ1n) is 7.53. The Morgan fingerprint density at radius 2 is 1.90 bits per heavy atom. The van der Waals surface area contributed by atoms with Crippen molar-refractivity contribution in [2.75, 3.05) is 26.3 Å². The van der Waals surface area contributed by atoms with Crippen molar-refractivity contribution in [3.05, 3.63) is 35.4 Å². The monoisotopic (exact) mass is 273 g/mol. The lowest BCUT2D eigenvalue weighted by Gasteiger charge is -2.42. The predicted octanol–water partition coefficient (Wildman–Crippen LogP) is 2.74. The third kappa shape index (κ3) is 2.35. The van der Waals surface area contributed by atoms with Gasteiger partial charge in [-0.25, -0.2) is 0 Å². The molecule has 0 radical (unpaired) electrons. The highest BCUT2D eigenvalue weighted by atomic mass is 16.5. The number of likely N-dealkylation sites (tertiary alicyclic amines) is 1. The summed E-state index contributed by atoms with van der Waals surface area (Å²) < 4.78 is 5.21. The van der Waals surface area contributed by atoms with Gasteiger partial charge in [0.05, 0.1) is 18.6 Å². The number of carbonyl (C=O) groups is 1. The van der Waals surface area contributed by atoms with Crippen molar-refractivity contribution in [1.29, 1.82) is 0 Å². The normalized spacial score (nSPS) is 22.4. The van der Waals surface area contributed by atoms with E-state index in [1.807, 2.05) is 11.8 Å². The second-order valence-electron chi connectivity index (χ2n) is 6.48. The maximum absolute atomic E-state index is 12.5. The topological polar surface area (TPSA) is 29.5 Å². The average Bonchev–Trinajstić information content (AvgIpc) is 2.45. The smallest absolute Gasteiger partial charge is 0.233 e. The number of hydrogen-bond acceptors (Lipinski definition) is 2. The molecule has 0 aliphatic carbocycles. The van der Waals surface area contributed by atoms with Crippen LogP contribution in [-0.4, -0.2) is 37.1 Å². The summed E-state index contributed by atoms with van der Waals surface area (Å²) in [6.07, 6.45) is 2.15. The summed E-state index contributed by atoms with van der Waals surface area (Å²) >= 11 is 0. The maximum Gasteiger partial charge on any atom is 0.233 e. The van der Waals surface area contributed by atoms with Crippen LogP contribution < -0.4 is 0 Å². The van der Waals surface area contributed by atoms with Gasteiger partial charge in [-0.3, -0.25) is 4.79 Å². The third-order valence-corrected chi connectivity index (χ3v) is 4.77. The van der Waals surface area contributed by atoms with Crippen molar-refractivity contribution in [3.8, 4) is 0 Å². The number of amides is 1. The minimum atomic E-state index is -0.254. The van der Waals surface area contributed by atoms with E-state index in [2.05, 4.69) is 31.2 Å². The average molecular weight is 273 g/mol. The lowest BCUT2D eigenvalue weighted by atomic mass is 9.83. The van der Waals surface area contributed by atoms with Crippen LogP contribution in [0.1, 0.15) is 36.8 Å². The van der Waals surface area contributed by atoms with Crippen LogP contribution in [0.5, 0.6) is 0 Å². The number of hydrogen-bond donors (Lipinski definition) is 0. The van der Waals surface area contributed by atoms with Gasteiger partial charge in [-0.15, -0.1) is 0 Å². The van der Waals surface area contributed by atoms with Crippen molar-refractivity contribution >= 4 is 5.91 Å². The van der Waals surface area contributed by atoms with Crippen molar-refractivity contribution < 1.29 is 9.53 Å². The quantitative estimate of drug-likeness (QED) is 0.829. The summed E-state index contributed by atoms with van der Waals surface area (Å²) in [5.74, 6) is 0.887. The van der Waals surface area contributed by atoms with Crippen molar-refractivity contribution in [3.63, 3.8) is 0 Å². The summed E-state index contributed by atoms with van der Waals surface area (Å²) in [6.45, 7) is 7.14. The van der Waals surface area contributed by atoms with E-state index in [1.54, 1.807) is 0 Å². The molecule has 2 saturated heterocycles. The second kappa shape index (κ2) is 5.21. The van der Waals surface area contributed by atoms with Crippen LogP contribution in [0.2, 0.25) is 0 Å². The number of carbonyl (C=O) groups excluding carboxylic acids is 1. The number of nitrogens with zero attached hydrogens (tertiary/aromatic N) is 1. The molecule has 3 nitrogen and oxygen atoms in total. The van der Waals surface area contributed by atoms with E-state index >= 15 is 0 Å². The number of rotatable bonds is 2. The Hall–Kier alpha value is -1.35. The molecular weight excluding hydrogens is 250 g/mol. The van der Waals surface area contributed by atoms with Gasteiger partial charge in [-0.05, 0) is 43.7 Å². The molecule has 0 bridgehead atoms. The van der Waals surface area contributed by atoms with Crippen molar-refractivity contribution in [2.45, 2.75) is 32.6 Å². The van der Waals surface area contributed by atoms with Gasteiger partial charge in [0, 0.05) is 13.1 Å². The van der Waals surface area contributed by atoms with Gasteiger partial charge in [0.15, 0.2) is 0 Å². The van der Waals surface area contributed by atoms with Crippen LogP contribution in [0, 0.1) is 12.3 Å². The zero-order valence-corrected chi connectivity index (χ0v) is 12.4. The molecule has 1 aromatic rings. The summed E-state index contributed by atoms with van der Waals surface area (Å²) in [7, 11) is 0. The molecule has 0 saturated carbocycles. The molecule has 2 fully saturated rings. The van der Waals surface area contributed by atoms with E-state index < -0.39 is 0 Å². The Morgan fingerprint density at radius 1 is 1.25 bits per heavy atom. The van der Waals surface area contributed by atoms with E-state index in [0.29, 0.717) is 19.1 Å². The number of aryl methyl sites for hydroxylation is 1. The highest BCUT2D eigenvalue weighted by molar-refractivity contribution is 5.83. The van der Waals surface area contributed by atoms with Crippen LogP contribution >= 0.6 is 0 Å². The summed E-state index contributed by atoms with van der Waals surface area (Å²) in [5, 5.41) is 0. The molecule has 0 spiro atoms. The second-order valence-corrected chi connectivity index (χ2v) is 6.48. The highest BCUT2D eigenvalue weighted by Gasteiger charge is 2.44. The van der Waals surface area contributed by atoms with Gasteiger partial charge >= 0.3 is 0 Å². The predicted molar refractivity (Wildman–Crippen MR) is 78.7 cm³/mol. The molecule has 1 amide bonds. The molecule has 0 N–H and O–H groups in total. The van der Waals surface area contributed by atoms with Gasteiger partial charge in [0.25, 0.3) is 0 Å². The van der Waals surface area contributed by atoms with Gasteiger partial charge in [0.1, 0.15) is 0 Å². The molecule has 2 aliphatic rings. The van der Waals surface area contributed by atoms with E-state index in [1.165, 1.54) is 11.1 Å². The van der Waals surface area contributed by atoms with Crippen LogP contribution in [0.15, 0.2) is 24.3 Å². The lowest BCUT2D eigenvalue weighted by molar-refractivity contribution is -0.169. The summed E-state index contributed by atoms with van der Waals surface area (Å²) in [4.78, 5) is 14.5. The van der Waals surface area contributed by atoms with Gasteiger partial charge in [0.2, 0.25) is 5.91 Å². The Morgan fingerprint density at radius 3 is 2.45 bits per heavy atom. The molecule has 3 heteroatoms. The molecule has 1 aromatic carbocycles. The van der Waals surface area contributed by atoms with Crippen molar-refractivity contribution in [1.82, 2.24) is 4.90 Å². The van der Waals surface area contributed by atoms with E-state index in [-0.39, 0.29) is 11.3 Å². The maximum atomic E-state index is 12.5. The fraction of sp³-hybridized carbons (Fsp3) is 0.588. The standard InChI is InChI=1S/C17H23NO2/c1-13-5-3-4-6-15(13)14-7-9-18(10-8-14)16(19)17(2)11-20-12-17/h3-6,14H,7-12H2,1-2H3. The SMILES string of the molecule is Cc1ccccc1C1CCN(C(=O)C2(C)COC2)CC1. The van der Waals surface area contributed by atoms with Crippen LogP contribution in [0.25, 0.3) is 0 Å². The molecular formula is C17H23NO2. The zero-order valence-electron chi connectivity index (χ0n) is 12.4. The van der Waals surface area contributed by atoms with Gasteiger partial charge in [-0.2, -0.15) is 0 Å². The Kier molecular flexibility index (Phi) is 3.55. The van der Waals surface area contributed by atoms with E-state index in [4.69, 9.17) is 4.74 Å². The first-order chi connectivity index (χ1) is 9.60. The van der Waals surface area contributed by atoms with Crippen LogP contribution in [0.3, 0.4) is 0 Å². The van der Waals surface area contributed by atoms with E-state index in [0.717, 1.165) is 25.9 Å². The zero-order chi connectivity index (χ0) is 14.2. The molecule has 108 valence electrons. The fourth-order valence-electron chi connectivity index (χ4n) is 3.35. The number of ether oxygens (including phenoxy) is 1. The molecule has 3 rings (SSSR count).